The number of anilines is 2. The van der Waals surface area contributed by atoms with Gasteiger partial charge in [0.15, 0.2) is 0 Å². The largest absolute Gasteiger partial charge is 0.397 e. The van der Waals surface area contributed by atoms with E-state index in [4.69, 9.17) is 16.8 Å². The number of para-hydroxylation sites is 1. The first kappa shape index (κ1) is 10.4. The molecule has 0 radical (unpaired) electrons. The number of rotatable bonds is 2. The molecular weight excluding hydrogens is 176 g/mol. The van der Waals surface area contributed by atoms with Gasteiger partial charge in [-0.15, -0.1) is 0 Å². The van der Waals surface area contributed by atoms with Gasteiger partial charge in [0.2, 0.25) is 0 Å². The monoisotopic (exact) mass is 190 g/mol. The molecule has 0 spiro atoms. The average molecular weight is 190 g/mol. The van der Waals surface area contributed by atoms with Crippen molar-refractivity contribution >= 4 is 11.4 Å². The molecule has 1 rings (SSSR count). The minimum absolute atomic E-state index is 0.104. The van der Waals surface area contributed by atoms with Gasteiger partial charge in [-0.1, -0.05) is 6.07 Å². The number of benzene rings is 1. The number of hydrogen-bond acceptors (Lipinski definition) is 4. The molecule has 4 N–H and O–H groups in total. The Hall–Kier alpha value is -1.73. The van der Waals surface area contributed by atoms with Crippen LogP contribution in [-0.4, -0.2) is 6.04 Å². The van der Waals surface area contributed by atoms with Crippen molar-refractivity contribution in [1.82, 2.24) is 0 Å². The van der Waals surface area contributed by atoms with Gasteiger partial charge in [0.25, 0.3) is 0 Å². The highest BCUT2D eigenvalue weighted by Gasteiger charge is 2.13. The van der Waals surface area contributed by atoms with Crippen molar-refractivity contribution < 1.29 is 0 Å². The average Bonchev–Trinajstić information content (AvgIpc) is 2.16. The van der Waals surface area contributed by atoms with E-state index < -0.39 is 0 Å². The Balaban J connectivity index is 3.25. The first-order chi connectivity index (χ1) is 6.57. The zero-order valence-corrected chi connectivity index (χ0v) is 8.36. The van der Waals surface area contributed by atoms with Crippen molar-refractivity contribution in [2.75, 3.05) is 10.7 Å². The Bertz CT molecular complexity index is 365. The van der Waals surface area contributed by atoms with E-state index in [2.05, 4.69) is 6.07 Å². The molecule has 0 bridgehead atoms. The van der Waals surface area contributed by atoms with Gasteiger partial charge in [0, 0.05) is 6.04 Å². The fourth-order valence-corrected chi connectivity index (χ4v) is 1.20. The minimum atomic E-state index is 0.104. The van der Waals surface area contributed by atoms with Crippen molar-refractivity contribution in [3.8, 4) is 6.07 Å². The summed E-state index contributed by atoms with van der Waals surface area (Å²) in [5.74, 6) is 5.82. The van der Waals surface area contributed by atoms with Crippen LogP contribution < -0.4 is 16.6 Å². The van der Waals surface area contributed by atoms with Crippen LogP contribution >= 0.6 is 0 Å². The van der Waals surface area contributed by atoms with Crippen LogP contribution in [0.1, 0.15) is 19.4 Å². The molecule has 0 aliphatic heterocycles. The maximum atomic E-state index is 8.89. The molecule has 0 fully saturated rings. The van der Waals surface area contributed by atoms with E-state index in [0.29, 0.717) is 16.9 Å². The summed E-state index contributed by atoms with van der Waals surface area (Å²) < 4.78 is 0. The van der Waals surface area contributed by atoms with Gasteiger partial charge in [0.05, 0.1) is 16.9 Å². The molecule has 4 heteroatoms. The Kier molecular flexibility index (Phi) is 2.95. The lowest BCUT2D eigenvalue weighted by Crippen LogP contribution is -2.38. The van der Waals surface area contributed by atoms with E-state index in [-0.39, 0.29) is 6.04 Å². The second-order valence-electron chi connectivity index (χ2n) is 3.36. The summed E-state index contributed by atoms with van der Waals surface area (Å²) in [5.41, 5.74) is 7.39. The molecule has 14 heavy (non-hydrogen) atoms. The van der Waals surface area contributed by atoms with Crippen molar-refractivity contribution in [3.63, 3.8) is 0 Å². The molecule has 0 aliphatic carbocycles. The summed E-state index contributed by atoms with van der Waals surface area (Å²) in [6.45, 7) is 3.88. The van der Waals surface area contributed by atoms with E-state index in [1.165, 1.54) is 5.01 Å². The lowest BCUT2D eigenvalue weighted by Gasteiger charge is -2.25. The van der Waals surface area contributed by atoms with Gasteiger partial charge in [-0.05, 0) is 26.0 Å². The van der Waals surface area contributed by atoms with Crippen LogP contribution in [0.2, 0.25) is 0 Å². The highest BCUT2D eigenvalue weighted by Crippen LogP contribution is 2.26. The van der Waals surface area contributed by atoms with Gasteiger partial charge in [-0.25, -0.2) is 5.84 Å². The normalized spacial score (nSPS) is 9.93. The minimum Gasteiger partial charge on any atom is -0.397 e. The van der Waals surface area contributed by atoms with E-state index in [9.17, 15) is 0 Å². The highest BCUT2D eigenvalue weighted by molar-refractivity contribution is 5.74. The molecule has 0 aromatic heterocycles. The third-order valence-electron chi connectivity index (χ3n) is 2.00. The topological polar surface area (TPSA) is 79.1 Å². The molecular formula is C10H14N4. The Morgan fingerprint density at radius 2 is 2.07 bits per heavy atom. The van der Waals surface area contributed by atoms with E-state index in [0.717, 1.165) is 0 Å². The Morgan fingerprint density at radius 1 is 1.43 bits per heavy atom. The number of hydrazine groups is 1. The summed E-state index contributed by atoms with van der Waals surface area (Å²) in [6.07, 6.45) is 0. The third kappa shape index (κ3) is 1.78. The van der Waals surface area contributed by atoms with Crippen LogP contribution in [-0.2, 0) is 0 Å². The molecule has 0 unspecified atom stereocenters. The Labute approximate surface area is 83.7 Å². The van der Waals surface area contributed by atoms with Crippen LogP contribution in [0.25, 0.3) is 0 Å². The Morgan fingerprint density at radius 3 is 2.57 bits per heavy atom. The summed E-state index contributed by atoms with van der Waals surface area (Å²) in [4.78, 5) is 0. The summed E-state index contributed by atoms with van der Waals surface area (Å²) >= 11 is 0. The van der Waals surface area contributed by atoms with E-state index >= 15 is 0 Å². The van der Waals surface area contributed by atoms with Gasteiger partial charge >= 0.3 is 0 Å². The first-order valence-electron chi connectivity index (χ1n) is 4.40. The molecule has 4 nitrogen and oxygen atoms in total. The van der Waals surface area contributed by atoms with Gasteiger partial charge < -0.3 is 10.7 Å². The second-order valence-corrected chi connectivity index (χ2v) is 3.36. The van der Waals surface area contributed by atoms with Crippen LogP contribution in [0.15, 0.2) is 18.2 Å². The molecule has 1 aromatic carbocycles. The van der Waals surface area contributed by atoms with Crippen LogP contribution in [0.4, 0.5) is 11.4 Å². The fraction of sp³-hybridized carbons (Fsp3) is 0.300. The number of nitriles is 1. The van der Waals surface area contributed by atoms with Crippen molar-refractivity contribution in [2.45, 2.75) is 19.9 Å². The fourth-order valence-electron chi connectivity index (χ4n) is 1.20. The van der Waals surface area contributed by atoms with Crippen molar-refractivity contribution in [2.24, 2.45) is 5.84 Å². The van der Waals surface area contributed by atoms with E-state index in [1.54, 1.807) is 18.2 Å². The van der Waals surface area contributed by atoms with Gasteiger partial charge in [0.1, 0.15) is 6.07 Å². The maximum absolute atomic E-state index is 8.89. The van der Waals surface area contributed by atoms with Crippen molar-refractivity contribution in [1.29, 1.82) is 5.26 Å². The van der Waals surface area contributed by atoms with Crippen molar-refractivity contribution in [3.05, 3.63) is 23.8 Å². The van der Waals surface area contributed by atoms with Crippen LogP contribution in [0.3, 0.4) is 0 Å². The zero-order valence-electron chi connectivity index (χ0n) is 8.36. The highest BCUT2D eigenvalue weighted by atomic mass is 15.4. The predicted octanol–water partition coefficient (Wildman–Crippen LogP) is 1.23. The number of nitrogen functional groups attached to an aromatic ring is 1. The number of nitrogens with zero attached hydrogens (tertiary/aromatic N) is 2. The summed E-state index contributed by atoms with van der Waals surface area (Å²) in [5, 5.41) is 10.4. The van der Waals surface area contributed by atoms with Gasteiger partial charge in [-0.3, -0.25) is 0 Å². The molecule has 0 atom stereocenters. The quantitative estimate of drug-likeness (QED) is 0.417. The van der Waals surface area contributed by atoms with Crippen LogP contribution in [0, 0.1) is 11.3 Å². The predicted molar refractivity (Wildman–Crippen MR) is 57.4 cm³/mol. The number of hydrogen-bond donors (Lipinski definition) is 2. The standard InChI is InChI=1S/C10H14N4/c1-7(2)14(13)10-8(6-11)4-3-5-9(10)12/h3-5,7H,12-13H2,1-2H3. The SMILES string of the molecule is CC(C)N(N)c1c(N)cccc1C#N. The molecule has 74 valence electrons. The molecule has 1 aromatic rings. The molecule has 0 heterocycles. The molecule has 0 saturated heterocycles. The van der Waals surface area contributed by atoms with Crippen LogP contribution in [0.5, 0.6) is 0 Å². The summed E-state index contributed by atoms with van der Waals surface area (Å²) in [6, 6.07) is 7.35. The second kappa shape index (κ2) is 3.99. The zero-order chi connectivity index (χ0) is 10.7. The maximum Gasteiger partial charge on any atom is 0.101 e. The lowest BCUT2D eigenvalue weighted by molar-refractivity contribution is 0.711. The van der Waals surface area contributed by atoms with E-state index in [1.807, 2.05) is 13.8 Å². The molecule has 0 saturated carbocycles. The van der Waals surface area contributed by atoms with Gasteiger partial charge in [-0.2, -0.15) is 5.26 Å². The first-order valence-corrected chi connectivity index (χ1v) is 4.40. The summed E-state index contributed by atoms with van der Waals surface area (Å²) in [7, 11) is 0. The smallest absolute Gasteiger partial charge is 0.101 e. The molecule has 0 amide bonds. The third-order valence-corrected chi connectivity index (χ3v) is 2.00. The molecule has 0 aliphatic rings. The number of nitrogens with two attached hydrogens (primary N) is 2. The lowest BCUT2D eigenvalue weighted by atomic mass is 10.1.